The molecule has 15 heavy (non-hydrogen) atoms. The van der Waals surface area contributed by atoms with Crippen LogP contribution in [0.4, 0.5) is 0 Å². The minimum atomic E-state index is -0.143. The van der Waals surface area contributed by atoms with Gasteiger partial charge in [-0.2, -0.15) is 5.10 Å². The highest BCUT2D eigenvalue weighted by atomic mass is 32.2. The summed E-state index contributed by atoms with van der Waals surface area (Å²) >= 11 is 6.15. The number of amides is 1. The number of hydrogen-bond donors (Lipinski definition) is 1. The lowest BCUT2D eigenvalue weighted by molar-refractivity contribution is -0.115. The maximum absolute atomic E-state index is 11.3. The zero-order chi connectivity index (χ0) is 10.8. The van der Waals surface area contributed by atoms with Crippen LogP contribution < -0.4 is 5.32 Å². The molecule has 0 radical (unpaired) electrons. The summed E-state index contributed by atoms with van der Waals surface area (Å²) in [6.07, 6.45) is 3.62. The van der Waals surface area contributed by atoms with Gasteiger partial charge in [-0.15, -0.1) is 0 Å². The third-order valence-corrected chi connectivity index (χ3v) is 3.07. The van der Waals surface area contributed by atoms with Gasteiger partial charge in [0.05, 0.1) is 10.6 Å². The average Bonchev–Trinajstić information content (AvgIpc) is 2.75. The number of aryl methyl sites for hydroxylation is 1. The summed E-state index contributed by atoms with van der Waals surface area (Å²) < 4.78 is 2.31. The van der Waals surface area contributed by atoms with E-state index in [4.69, 9.17) is 12.2 Å². The zero-order valence-corrected chi connectivity index (χ0v) is 9.69. The van der Waals surface area contributed by atoms with Crippen molar-refractivity contribution in [2.75, 3.05) is 0 Å². The first-order valence-corrected chi connectivity index (χ1v) is 5.70. The lowest BCUT2D eigenvalue weighted by Crippen LogP contribution is -2.17. The summed E-state index contributed by atoms with van der Waals surface area (Å²) in [6.45, 7) is 2.83. The van der Waals surface area contributed by atoms with Crippen molar-refractivity contribution in [2.45, 2.75) is 13.5 Å². The van der Waals surface area contributed by atoms with Crippen LogP contribution in [0, 0.1) is 0 Å². The van der Waals surface area contributed by atoms with Gasteiger partial charge in [-0.05, 0) is 19.1 Å². The molecule has 0 unspecified atom stereocenters. The first kappa shape index (κ1) is 10.4. The van der Waals surface area contributed by atoms with E-state index < -0.39 is 0 Å². The van der Waals surface area contributed by atoms with E-state index in [1.807, 2.05) is 23.9 Å². The third kappa shape index (κ3) is 2.27. The molecule has 1 aromatic heterocycles. The molecule has 0 bridgehead atoms. The maximum atomic E-state index is 11.3. The summed E-state index contributed by atoms with van der Waals surface area (Å²) in [6, 6.07) is 1.87. The third-order valence-electron chi connectivity index (χ3n) is 1.91. The smallest absolute Gasteiger partial charge is 0.263 e. The van der Waals surface area contributed by atoms with Crippen molar-refractivity contribution < 1.29 is 4.79 Å². The fourth-order valence-electron chi connectivity index (χ4n) is 1.19. The van der Waals surface area contributed by atoms with Gasteiger partial charge in [-0.3, -0.25) is 9.48 Å². The molecule has 1 aliphatic rings. The molecule has 2 rings (SSSR count). The molecule has 0 atom stereocenters. The number of rotatable bonds is 2. The Bertz CT molecular complexity index is 450. The Balaban J connectivity index is 2.22. The number of carbonyl (C=O) groups excluding carboxylic acids is 1. The van der Waals surface area contributed by atoms with E-state index in [1.54, 1.807) is 6.08 Å². The lowest BCUT2D eigenvalue weighted by Gasteiger charge is -1.91. The van der Waals surface area contributed by atoms with E-state index in [-0.39, 0.29) is 5.91 Å². The van der Waals surface area contributed by atoms with Gasteiger partial charge in [0.15, 0.2) is 0 Å². The van der Waals surface area contributed by atoms with Crippen LogP contribution in [-0.2, 0) is 11.3 Å². The van der Waals surface area contributed by atoms with Gasteiger partial charge in [-0.25, -0.2) is 0 Å². The first-order valence-electron chi connectivity index (χ1n) is 4.47. The molecule has 1 saturated heterocycles. The van der Waals surface area contributed by atoms with Gasteiger partial charge in [-0.1, -0.05) is 24.0 Å². The second-order valence-electron chi connectivity index (χ2n) is 2.95. The van der Waals surface area contributed by atoms with E-state index >= 15 is 0 Å². The number of thioether (sulfide) groups is 1. The average molecular weight is 239 g/mol. The van der Waals surface area contributed by atoms with Crippen LogP contribution in [0.25, 0.3) is 6.08 Å². The molecule has 1 fully saturated rings. The molecule has 0 aromatic carbocycles. The van der Waals surface area contributed by atoms with E-state index in [2.05, 4.69) is 10.4 Å². The number of hydrogen-bond acceptors (Lipinski definition) is 4. The maximum Gasteiger partial charge on any atom is 0.263 e. The number of carbonyl (C=O) groups is 1. The van der Waals surface area contributed by atoms with E-state index in [9.17, 15) is 4.79 Å². The highest BCUT2D eigenvalue weighted by Crippen LogP contribution is 2.25. The van der Waals surface area contributed by atoms with E-state index in [0.29, 0.717) is 9.23 Å². The highest BCUT2D eigenvalue weighted by Gasteiger charge is 2.22. The number of aromatic nitrogens is 2. The van der Waals surface area contributed by atoms with Crippen molar-refractivity contribution in [3.63, 3.8) is 0 Å². The Morgan fingerprint density at radius 3 is 3.07 bits per heavy atom. The molecule has 4 nitrogen and oxygen atoms in total. The highest BCUT2D eigenvalue weighted by molar-refractivity contribution is 8.26. The van der Waals surface area contributed by atoms with Gasteiger partial charge in [0.25, 0.3) is 5.91 Å². The van der Waals surface area contributed by atoms with Gasteiger partial charge in [0.2, 0.25) is 0 Å². The number of thiocarbonyl (C=S) groups is 1. The van der Waals surface area contributed by atoms with Crippen LogP contribution in [0.1, 0.15) is 12.6 Å². The summed E-state index contributed by atoms with van der Waals surface area (Å²) in [4.78, 5) is 11.9. The van der Waals surface area contributed by atoms with Crippen molar-refractivity contribution in [1.29, 1.82) is 0 Å². The summed E-state index contributed by atoms with van der Waals surface area (Å²) in [5.41, 5.74) is 0.777. The topological polar surface area (TPSA) is 46.9 Å². The van der Waals surface area contributed by atoms with Gasteiger partial charge < -0.3 is 5.32 Å². The summed E-state index contributed by atoms with van der Waals surface area (Å²) in [5.74, 6) is -0.143. The minimum Gasteiger partial charge on any atom is -0.307 e. The SMILES string of the molecule is CCn1ccc(/C=C2\SC(=S)NC2=O)n1. The largest absolute Gasteiger partial charge is 0.307 e. The molecule has 1 aliphatic heterocycles. The van der Waals surface area contributed by atoms with Crippen LogP contribution in [0.5, 0.6) is 0 Å². The molecule has 78 valence electrons. The number of nitrogens with one attached hydrogen (secondary N) is 1. The molecular weight excluding hydrogens is 230 g/mol. The van der Waals surface area contributed by atoms with Gasteiger partial charge in [0.1, 0.15) is 4.32 Å². The molecule has 1 N–H and O–H groups in total. The van der Waals surface area contributed by atoms with Crippen LogP contribution in [-0.4, -0.2) is 20.0 Å². The number of nitrogens with zero attached hydrogens (tertiary/aromatic N) is 2. The second-order valence-corrected chi connectivity index (χ2v) is 4.67. The Morgan fingerprint density at radius 2 is 2.53 bits per heavy atom. The van der Waals surface area contributed by atoms with Crippen molar-refractivity contribution in [2.24, 2.45) is 0 Å². The lowest BCUT2D eigenvalue weighted by atomic mass is 10.4. The molecular formula is C9H9N3OS2. The Labute approximate surface area is 96.7 Å². The van der Waals surface area contributed by atoms with Crippen LogP contribution in [0.3, 0.4) is 0 Å². The fraction of sp³-hybridized carbons (Fsp3) is 0.222. The van der Waals surface area contributed by atoms with Crippen LogP contribution in [0.2, 0.25) is 0 Å². The standard InChI is InChI=1S/C9H9N3OS2/c1-2-12-4-3-6(11-12)5-7-8(13)10-9(14)15-7/h3-5H,2H2,1H3,(H,10,13,14)/b7-5-. The second kappa shape index (κ2) is 4.16. The molecule has 6 heteroatoms. The predicted molar refractivity (Wildman–Crippen MR) is 64.2 cm³/mol. The quantitative estimate of drug-likeness (QED) is 0.626. The Morgan fingerprint density at radius 1 is 1.73 bits per heavy atom. The first-order chi connectivity index (χ1) is 7.19. The summed E-state index contributed by atoms with van der Waals surface area (Å²) in [5, 5.41) is 6.82. The molecule has 1 aromatic rings. The minimum absolute atomic E-state index is 0.143. The molecule has 2 heterocycles. The van der Waals surface area contributed by atoms with Crippen LogP contribution in [0.15, 0.2) is 17.2 Å². The van der Waals surface area contributed by atoms with Crippen molar-refractivity contribution >= 4 is 40.3 Å². The normalized spacial score (nSPS) is 18.6. The summed E-state index contributed by atoms with van der Waals surface area (Å²) in [7, 11) is 0. The van der Waals surface area contributed by atoms with E-state index in [1.165, 1.54) is 11.8 Å². The molecule has 0 spiro atoms. The van der Waals surface area contributed by atoms with Crippen LogP contribution >= 0.6 is 24.0 Å². The van der Waals surface area contributed by atoms with E-state index in [0.717, 1.165) is 12.2 Å². The fourth-order valence-corrected chi connectivity index (χ4v) is 2.21. The molecule has 0 saturated carbocycles. The van der Waals surface area contributed by atoms with Crippen molar-refractivity contribution in [3.05, 3.63) is 22.9 Å². The monoisotopic (exact) mass is 239 g/mol. The molecule has 0 aliphatic carbocycles. The Kier molecular flexibility index (Phi) is 2.88. The predicted octanol–water partition coefficient (Wildman–Crippen LogP) is 1.39. The molecule has 1 amide bonds. The van der Waals surface area contributed by atoms with Gasteiger partial charge in [0, 0.05) is 12.7 Å². The Hall–Kier alpha value is -1.14. The zero-order valence-electron chi connectivity index (χ0n) is 8.06. The van der Waals surface area contributed by atoms with Gasteiger partial charge >= 0.3 is 0 Å². The van der Waals surface area contributed by atoms with Crippen molar-refractivity contribution in [3.8, 4) is 0 Å². The van der Waals surface area contributed by atoms with Crippen molar-refractivity contribution in [1.82, 2.24) is 15.1 Å².